The van der Waals surface area contributed by atoms with Crippen molar-refractivity contribution in [3.63, 3.8) is 0 Å². The molecule has 6 heteroatoms. The number of aromatic nitrogens is 3. The van der Waals surface area contributed by atoms with Crippen molar-refractivity contribution >= 4 is 22.9 Å². The first-order chi connectivity index (χ1) is 12.2. The van der Waals surface area contributed by atoms with Crippen molar-refractivity contribution in [1.29, 1.82) is 0 Å². The van der Waals surface area contributed by atoms with E-state index in [2.05, 4.69) is 32.2 Å². The topological polar surface area (TPSA) is 72.0 Å². The van der Waals surface area contributed by atoms with Gasteiger partial charge >= 0.3 is 0 Å². The van der Waals surface area contributed by atoms with Crippen LogP contribution in [0, 0.1) is 0 Å². The van der Waals surface area contributed by atoms with Crippen LogP contribution in [0.1, 0.15) is 12.7 Å². The molecule has 0 bridgehead atoms. The SMILES string of the molecule is C=C(/C=C\C=C/C)c1nc(NCCOC)cc(Nc2ccncc2)n1. The maximum atomic E-state index is 5.07. The molecule has 0 unspecified atom stereocenters. The summed E-state index contributed by atoms with van der Waals surface area (Å²) < 4.78 is 5.07. The highest BCUT2D eigenvalue weighted by atomic mass is 16.5. The fourth-order valence-corrected chi connectivity index (χ4v) is 1.97. The normalized spacial score (nSPS) is 11.1. The number of pyridine rings is 1. The van der Waals surface area contributed by atoms with E-state index >= 15 is 0 Å². The van der Waals surface area contributed by atoms with Crippen LogP contribution in [-0.2, 0) is 4.74 Å². The lowest BCUT2D eigenvalue weighted by Crippen LogP contribution is -2.10. The molecule has 0 aliphatic rings. The number of methoxy groups -OCH3 is 1. The van der Waals surface area contributed by atoms with Gasteiger partial charge in [-0.05, 0) is 19.1 Å². The van der Waals surface area contributed by atoms with Crippen molar-refractivity contribution in [3.8, 4) is 0 Å². The third-order valence-electron chi connectivity index (χ3n) is 3.18. The van der Waals surface area contributed by atoms with Gasteiger partial charge in [-0.2, -0.15) is 0 Å². The molecule has 0 aliphatic heterocycles. The van der Waals surface area contributed by atoms with Gasteiger partial charge in [-0.3, -0.25) is 4.98 Å². The maximum absolute atomic E-state index is 5.07. The van der Waals surface area contributed by atoms with E-state index in [1.807, 2.05) is 49.4 Å². The second-order valence-corrected chi connectivity index (χ2v) is 5.15. The van der Waals surface area contributed by atoms with Crippen LogP contribution in [0.2, 0.25) is 0 Å². The Kier molecular flexibility index (Phi) is 7.34. The summed E-state index contributed by atoms with van der Waals surface area (Å²) in [6.45, 7) is 7.25. The van der Waals surface area contributed by atoms with Crippen LogP contribution in [-0.4, -0.2) is 35.2 Å². The molecule has 2 aromatic heterocycles. The van der Waals surface area contributed by atoms with Crippen LogP contribution in [0.15, 0.2) is 61.5 Å². The number of nitrogens with one attached hydrogen (secondary N) is 2. The number of rotatable bonds is 9. The molecule has 130 valence electrons. The summed E-state index contributed by atoms with van der Waals surface area (Å²) in [6.07, 6.45) is 11.1. The summed E-state index contributed by atoms with van der Waals surface area (Å²) in [6, 6.07) is 5.60. The lowest BCUT2D eigenvalue weighted by Gasteiger charge is -2.11. The second kappa shape index (κ2) is 10.00. The molecule has 2 rings (SSSR count). The van der Waals surface area contributed by atoms with Crippen LogP contribution < -0.4 is 10.6 Å². The highest BCUT2D eigenvalue weighted by Gasteiger charge is 2.07. The van der Waals surface area contributed by atoms with Gasteiger partial charge in [0.25, 0.3) is 0 Å². The zero-order valence-corrected chi connectivity index (χ0v) is 14.6. The van der Waals surface area contributed by atoms with Crippen LogP contribution >= 0.6 is 0 Å². The summed E-state index contributed by atoms with van der Waals surface area (Å²) in [7, 11) is 1.66. The van der Waals surface area contributed by atoms with E-state index in [0.29, 0.717) is 30.6 Å². The molecule has 25 heavy (non-hydrogen) atoms. The van der Waals surface area contributed by atoms with Crippen molar-refractivity contribution in [2.45, 2.75) is 6.92 Å². The second-order valence-electron chi connectivity index (χ2n) is 5.15. The van der Waals surface area contributed by atoms with Crippen molar-refractivity contribution in [2.24, 2.45) is 0 Å². The minimum absolute atomic E-state index is 0.555. The highest BCUT2D eigenvalue weighted by molar-refractivity contribution is 5.70. The quantitative estimate of drug-likeness (QED) is 0.535. The minimum Gasteiger partial charge on any atom is -0.383 e. The Hall–Kier alpha value is -2.99. The Morgan fingerprint density at radius 2 is 1.96 bits per heavy atom. The molecule has 0 atom stereocenters. The summed E-state index contributed by atoms with van der Waals surface area (Å²) in [5.74, 6) is 1.94. The van der Waals surface area contributed by atoms with E-state index in [9.17, 15) is 0 Å². The number of nitrogens with zero attached hydrogens (tertiary/aromatic N) is 3. The summed E-state index contributed by atoms with van der Waals surface area (Å²) in [4.78, 5) is 13.1. The van der Waals surface area contributed by atoms with Crippen LogP contribution in [0.4, 0.5) is 17.3 Å². The molecule has 2 aromatic rings. The molecule has 0 radical (unpaired) electrons. The van der Waals surface area contributed by atoms with E-state index in [1.165, 1.54) is 0 Å². The van der Waals surface area contributed by atoms with Gasteiger partial charge in [0.2, 0.25) is 0 Å². The molecule has 2 heterocycles. The Morgan fingerprint density at radius 1 is 1.20 bits per heavy atom. The highest BCUT2D eigenvalue weighted by Crippen LogP contribution is 2.20. The van der Waals surface area contributed by atoms with Gasteiger partial charge in [0.05, 0.1) is 6.61 Å². The van der Waals surface area contributed by atoms with Gasteiger partial charge in [0.15, 0.2) is 5.82 Å². The standard InChI is InChI=1S/C19H23N5O/c1-4-5-6-7-15(2)19-23-17(21-12-13-25-3)14-18(24-19)22-16-8-10-20-11-9-16/h4-11,14H,2,12-13H2,1,3H3,(H2,20,21,22,23,24)/b5-4-,7-6-. The average molecular weight is 337 g/mol. The third-order valence-corrected chi connectivity index (χ3v) is 3.18. The van der Waals surface area contributed by atoms with Crippen molar-refractivity contribution in [2.75, 3.05) is 30.9 Å². The molecule has 0 saturated carbocycles. The van der Waals surface area contributed by atoms with Gasteiger partial charge in [0.1, 0.15) is 11.6 Å². The molecule has 0 aliphatic carbocycles. The van der Waals surface area contributed by atoms with Crippen LogP contribution in [0.5, 0.6) is 0 Å². The fraction of sp³-hybridized carbons (Fsp3) is 0.211. The lowest BCUT2D eigenvalue weighted by atomic mass is 10.2. The molecule has 6 nitrogen and oxygen atoms in total. The molecule has 0 spiro atoms. The average Bonchev–Trinajstić information content (AvgIpc) is 2.63. The maximum Gasteiger partial charge on any atom is 0.163 e. The number of hydrogen-bond donors (Lipinski definition) is 2. The van der Waals surface area contributed by atoms with Gasteiger partial charge in [-0.25, -0.2) is 9.97 Å². The molecular weight excluding hydrogens is 314 g/mol. The zero-order valence-electron chi connectivity index (χ0n) is 14.6. The molecular formula is C19H23N5O. The van der Waals surface area contributed by atoms with E-state index in [4.69, 9.17) is 4.74 Å². The zero-order chi connectivity index (χ0) is 17.9. The summed E-state index contributed by atoms with van der Waals surface area (Å²) >= 11 is 0. The van der Waals surface area contributed by atoms with Crippen LogP contribution in [0.3, 0.4) is 0 Å². The molecule has 0 fully saturated rings. The smallest absolute Gasteiger partial charge is 0.163 e. The number of ether oxygens (including phenoxy) is 1. The first-order valence-corrected chi connectivity index (χ1v) is 8.00. The Balaban J connectivity index is 2.25. The number of hydrogen-bond acceptors (Lipinski definition) is 6. The molecule has 0 aromatic carbocycles. The third kappa shape index (κ3) is 6.19. The van der Waals surface area contributed by atoms with E-state index in [-0.39, 0.29) is 0 Å². The van der Waals surface area contributed by atoms with Gasteiger partial charge in [-0.15, -0.1) is 0 Å². The Labute approximate surface area is 148 Å². The number of anilines is 3. The van der Waals surface area contributed by atoms with Crippen molar-refractivity contribution in [3.05, 3.63) is 67.3 Å². The summed E-state index contributed by atoms with van der Waals surface area (Å²) in [5, 5.41) is 6.48. The fourth-order valence-electron chi connectivity index (χ4n) is 1.97. The van der Waals surface area contributed by atoms with Gasteiger partial charge in [-0.1, -0.05) is 30.9 Å². The molecule has 2 N–H and O–H groups in total. The van der Waals surface area contributed by atoms with Crippen molar-refractivity contribution < 1.29 is 4.74 Å². The Morgan fingerprint density at radius 3 is 2.68 bits per heavy atom. The first kappa shape index (κ1) is 18.4. The Bertz CT molecular complexity index is 741. The lowest BCUT2D eigenvalue weighted by molar-refractivity contribution is 0.210. The largest absolute Gasteiger partial charge is 0.383 e. The number of allylic oxidation sites excluding steroid dienone is 5. The minimum atomic E-state index is 0.555. The monoisotopic (exact) mass is 337 g/mol. The van der Waals surface area contributed by atoms with Gasteiger partial charge < -0.3 is 15.4 Å². The van der Waals surface area contributed by atoms with Crippen molar-refractivity contribution in [1.82, 2.24) is 15.0 Å². The molecule has 0 saturated heterocycles. The van der Waals surface area contributed by atoms with E-state index < -0.39 is 0 Å². The van der Waals surface area contributed by atoms with E-state index in [1.54, 1.807) is 19.5 Å². The predicted molar refractivity (Wildman–Crippen MR) is 103 cm³/mol. The van der Waals surface area contributed by atoms with Crippen LogP contribution in [0.25, 0.3) is 5.57 Å². The first-order valence-electron chi connectivity index (χ1n) is 8.00. The summed E-state index contributed by atoms with van der Waals surface area (Å²) in [5.41, 5.74) is 1.63. The predicted octanol–water partition coefficient (Wildman–Crippen LogP) is 3.82. The molecule has 0 amide bonds. The van der Waals surface area contributed by atoms with E-state index in [0.717, 1.165) is 11.3 Å². The van der Waals surface area contributed by atoms with Gasteiger partial charge in [0, 0.05) is 43.4 Å².